The third kappa shape index (κ3) is 3.15. The second-order valence-electron chi connectivity index (χ2n) is 9.57. The van der Waals surface area contributed by atoms with Crippen LogP contribution in [-0.2, 0) is 0 Å². The predicted octanol–water partition coefficient (Wildman–Crippen LogP) is 6.01. The Bertz CT molecular complexity index is 2040. The van der Waals surface area contributed by atoms with Crippen LogP contribution < -0.4 is 0 Å². The topological polar surface area (TPSA) is 118 Å². The van der Waals surface area contributed by atoms with E-state index < -0.39 is 0 Å². The third-order valence-corrected chi connectivity index (χ3v) is 8.45. The monoisotopic (exact) mass is 504 g/mol. The fraction of sp³-hybridized carbons (Fsp3) is 0.185. The van der Waals surface area contributed by atoms with E-state index in [9.17, 15) is 4.79 Å². The first-order chi connectivity index (χ1) is 18.2. The fourth-order valence-corrected chi connectivity index (χ4v) is 6.52. The molecular formula is C27H20N8OS. The van der Waals surface area contributed by atoms with Gasteiger partial charge in [0.1, 0.15) is 21.6 Å². The number of carbonyl (C=O) groups excluding carboxylic acids is 1. The summed E-state index contributed by atoms with van der Waals surface area (Å²) in [5.74, 6) is 0.129. The second kappa shape index (κ2) is 7.78. The highest BCUT2D eigenvalue weighted by molar-refractivity contribution is 7.24. The Balaban J connectivity index is 1.57. The number of carbonyl (C=O) groups is 1. The van der Waals surface area contributed by atoms with E-state index in [0.717, 1.165) is 84.8 Å². The van der Waals surface area contributed by atoms with Crippen molar-refractivity contribution in [1.29, 1.82) is 0 Å². The lowest BCUT2D eigenvalue weighted by molar-refractivity contribution is 0.0847. The summed E-state index contributed by atoms with van der Waals surface area (Å²) in [4.78, 5) is 38.1. The maximum absolute atomic E-state index is 13.9. The van der Waals surface area contributed by atoms with Gasteiger partial charge in [0.15, 0.2) is 5.65 Å². The number of nitrogens with one attached hydrogen (secondary N) is 2. The van der Waals surface area contributed by atoms with Gasteiger partial charge in [0.25, 0.3) is 0 Å². The molecule has 7 heterocycles. The summed E-state index contributed by atoms with van der Waals surface area (Å²) in [6.07, 6.45) is 12.9. The molecule has 180 valence electrons. The molecule has 0 spiro atoms. The summed E-state index contributed by atoms with van der Waals surface area (Å²) >= 11 is 1.55. The molecule has 0 unspecified atom stereocenters. The summed E-state index contributed by atoms with van der Waals surface area (Å²) < 4.78 is 2.82. The van der Waals surface area contributed by atoms with Gasteiger partial charge in [-0.15, -0.1) is 11.3 Å². The fourth-order valence-electron chi connectivity index (χ4n) is 5.47. The summed E-state index contributed by atoms with van der Waals surface area (Å²) in [6.45, 7) is 0. The van der Waals surface area contributed by atoms with Crippen LogP contribution in [0, 0.1) is 5.92 Å². The molecule has 9 nitrogen and oxygen atoms in total. The average Bonchev–Trinajstić information content (AvgIpc) is 3.73. The van der Waals surface area contributed by atoms with Crippen LogP contribution in [0.3, 0.4) is 0 Å². The van der Waals surface area contributed by atoms with E-state index in [1.807, 2.05) is 35.0 Å². The maximum atomic E-state index is 13.9. The molecule has 0 saturated heterocycles. The summed E-state index contributed by atoms with van der Waals surface area (Å²) in [7, 11) is 0. The molecule has 1 saturated carbocycles. The molecule has 0 amide bonds. The van der Waals surface area contributed by atoms with E-state index in [0.29, 0.717) is 5.65 Å². The van der Waals surface area contributed by atoms with Gasteiger partial charge in [0.05, 0.1) is 35.1 Å². The molecule has 0 aromatic carbocycles. The lowest BCUT2D eigenvalue weighted by Gasteiger charge is -2.12. The Kier molecular flexibility index (Phi) is 4.36. The van der Waals surface area contributed by atoms with E-state index >= 15 is 0 Å². The van der Waals surface area contributed by atoms with Crippen molar-refractivity contribution in [2.24, 2.45) is 5.92 Å². The van der Waals surface area contributed by atoms with Crippen molar-refractivity contribution in [3.63, 3.8) is 0 Å². The van der Waals surface area contributed by atoms with Gasteiger partial charge in [-0.2, -0.15) is 0 Å². The number of fused-ring (bicyclic) bond motifs is 9. The van der Waals surface area contributed by atoms with Crippen LogP contribution in [-0.4, -0.2) is 45.6 Å². The van der Waals surface area contributed by atoms with Gasteiger partial charge >= 0.3 is 0 Å². The molecule has 37 heavy (non-hydrogen) atoms. The minimum atomic E-state index is 0.0114. The number of thiophene rings is 1. The van der Waals surface area contributed by atoms with E-state index in [2.05, 4.69) is 25.1 Å². The van der Waals surface area contributed by atoms with Gasteiger partial charge in [0, 0.05) is 39.3 Å². The lowest BCUT2D eigenvalue weighted by Crippen LogP contribution is -2.19. The van der Waals surface area contributed by atoms with E-state index in [4.69, 9.17) is 9.97 Å². The Morgan fingerprint density at radius 1 is 0.946 bits per heavy atom. The smallest absolute Gasteiger partial charge is 0.235 e. The highest BCUT2D eigenvalue weighted by Gasteiger charge is 2.25. The number of nitrogens with zero attached hydrogens (tertiary/aromatic N) is 6. The molecule has 8 rings (SSSR count). The molecule has 1 fully saturated rings. The molecule has 0 radical (unpaired) electrons. The highest BCUT2D eigenvalue weighted by Crippen LogP contribution is 2.33. The normalized spacial score (nSPS) is 14.6. The van der Waals surface area contributed by atoms with Crippen molar-refractivity contribution < 1.29 is 4.79 Å². The Labute approximate surface area is 213 Å². The maximum Gasteiger partial charge on any atom is 0.235 e. The molecule has 10 heteroatoms. The molecule has 5 aromatic rings. The first-order valence-electron chi connectivity index (χ1n) is 12.3. The van der Waals surface area contributed by atoms with Gasteiger partial charge in [-0.3, -0.25) is 34.5 Å². The van der Waals surface area contributed by atoms with E-state index in [-0.39, 0.29) is 11.8 Å². The van der Waals surface area contributed by atoms with E-state index in [1.54, 1.807) is 36.1 Å². The number of aromatic amines is 2. The SMILES string of the molecule is O=C(C1CCCC1)n1c2cncc(c2)c2cc3c(cn2)[nH][nH]c-3c2nc3cncc(c4ccc1s4)c3n2. The van der Waals surface area contributed by atoms with Gasteiger partial charge < -0.3 is 0 Å². The Morgan fingerprint density at radius 3 is 2.76 bits per heavy atom. The summed E-state index contributed by atoms with van der Waals surface area (Å²) in [6, 6.07) is 8.05. The van der Waals surface area contributed by atoms with Crippen molar-refractivity contribution in [3.05, 3.63) is 55.2 Å². The molecular weight excluding hydrogens is 484 g/mol. The standard InChI is InChI=1S/C27H20N8OS/c36-27(14-3-1-2-4-14)35-16-7-15(9-28-10-16)19-8-17-20(13-30-19)33-34-25(17)26-31-21-12-29-11-18(24(21)32-26)22-5-6-23(35)37-22/h5-14,33-34H,1-4H2. The van der Waals surface area contributed by atoms with Gasteiger partial charge in [-0.25, -0.2) is 9.97 Å². The molecule has 0 atom stereocenters. The zero-order valence-corrected chi connectivity index (χ0v) is 20.4. The zero-order valence-electron chi connectivity index (χ0n) is 19.6. The minimum absolute atomic E-state index is 0.0114. The van der Waals surface area contributed by atoms with Crippen molar-refractivity contribution in [1.82, 2.24) is 39.7 Å². The molecule has 5 aromatic heterocycles. The van der Waals surface area contributed by atoms with Crippen LogP contribution in [0.4, 0.5) is 0 Å². The summed E-state index contributed by atoms with van der Waals surface area (Å²) in [5, 5.41) is 8.13. The van der Waals surface area contributed by atoms with Gasteiger partial charge in [-0.1, -0.05) is 12.8 Å². The number of imidazole rings is 1. The number of hydrogen-bond acceptors (Lipinski definition) is 7. The predicted molar refractivity (Wildman–Crippen MR) is 144 cm³/mol. The number of H-pyrrole nitrogens is 2. The second-order valence-corrected chi connectivity index (χ2v) is 10.6. The van der Waals surface area contributed by atoms with Crippen molar-refractivity contribution in [2.45, 2.75) is 25.7 Å². The first-order valence-corrected chi connectivity index (χ1v) is 13.1. The first kappa shape index (κ1) is 20.7. The summed E-state index contributed by atoms with van der Waals surface area (Å²) in [5.41, 5.74) is 6.14. The average molecular weight is 505 g/mol. The van der Waals surface area contributed by atoms with E-state index in [1.165, 1.54) is 0 Å². The van der Waals surface area contributed by atoms with Gasteiger partial charge in [-0.05, 0) is 37.1 Å². The van der Waals surface area contributed by atoms with Crippen LogP contribution in [0.25, 0.3) is 64.8 Å². The largest absolute Gasteiger partial charge is 0.298 e. The van der Waals surface area contributed by atoms with Crippen molar-refractivity contribution in [3.8, 4) is 11.3 Å². The molecule has 3 aliphatic rings. The quantitative estimate of drug-likeness (QED) is 0.283. The molecule has 2 N–H and O–H groups in total. The molecule has 8 bridgehead atoms. The van der Waals surface area contributed by atoms with Crippen LogP contribution in [0.5, 0.6) is 0 Å². The zero-order chi connectivity index (χ0) is 24.5. The Morgan fingerprint density at radius 2 is 1.84 bits per heavy atom. The van der Waals surface area contributed by atoms with Gasteiger partial charge in [0.2, 0.25) is 5.91 Å². The number of aromatic nitrogens is 8. The molecule has 1 aliphatic carbocycles. The highest BCUT2D eigenvalue weighted by atomic mass is 32.1. The van der Waals surface area contributed by atoms with Crippen LogP contribution >= 0.6 is 11.3 Å². The number of pyridine rings is 3. The van der Waals surface area contributed by atoms with Crippen molar-refractivity contribution in [2.75, 3.05) is 0 Å². The van der Waals surface area contributed by atoms with Crippen LogP contribution in [0.15, 0.2) is 55.2 Å². The Hall–Kier alpha value is -4.44. The lowest BCUT2D eigenvalue weighted by atomic mass is 10.1. The number of hydrogen-bond donors (Lipinski definition) is 2. The van der Waals surface area contributed by atoms with Crippen molar-refractivity contribution >= 4 is 70.8 Å². The van der Waals surface area contributed by atoms with Crippen LogP contribution in [0.1, 0.15) is 30.5 Å². The van der Waals surface area contributed by atoms with Crippen LogP contribution in [0.2, 0.25) is 0 Å². The number of rotatable bonds is 1. The third-order valence-electron chi connectivity index (χ3n) is 7.34. The molecule has 2 aliphatic heterocycles. The minimum Gasteiger partial charge on any atom is -0.298 e.